The van der Waals surface area contributed by atoms with Crippen LogP contribution in [0, 0.1) is 0 Å². The highest BCUT2D eigenvalue weighted by Crippen LogP contribution is 2.27. The quantitative estimate of drug-likeness (QED) is 0.843. The Kier molecular flexibility index (Phi) is 4.24. The van der Waals surface area contributed by atoms with Crippen molar-refractivity contribution in [3.8, 4) is 0 Å². The number of rotatable bonds is 4. The van der Waals surface area contributed by atoms with E-state index in [0.717, 1.165) is 11.3 Å². The van der Waals surface area contributed by atoms with Gasteiger partial charge in [0, 0.05) is 24.0 Å². The minimum absolute atomic E-state index is 0.0670. The number of carboxylic acid groups (broad SMARTS) is 1. The van der Waals surface area contributed by atoms with Gasteiger partial charge in [-0.15, -0.1) is 11.3 Å². The third-order valence-electron chi connectivity index (χ3n) is 3.06. The van der Waals surface area contributed by atoms with Gasteiger partial charge in [-0.2, -0.15) is 4.31 Å². The van der Waals surface area contributed by atoms with Crippen molar-refractivity contribution in [2.75, 3.05) is 13.1 Å². The van der Waals surface area contributed by atoms with Crippen molar-refractivity contribution >= 4 is 27.3 Å². The Balaban J connectivity index is 2.15. The SMILES string of the molecule is NC1CCN(S(=O)(=O)c2ccc(CC(=O)O)s2)CC1. The summed E-state index contributed by atoms with van der Waals surface area (Å²) in [6, 6.07) is 3.10. The highest BCUT2D eigenvalue weighted by Gasteiger charge is 2.29. The summed E-state index contributed by atoms with van der Waals surface area (Å²) in [6.07, 6.45) is 1.17. The van der Waals surface area contributed by atoms with Crippen molar-refractivity contribution in [2.45, 2.75) is 29.5 Å². The summed E-state index contributed by atoms with van der Waals surface area (Å²) in [4.78, 5) is 11.1. The van der Waals surface area contributed by atoms with Crippen LogP contribution in [0.2, 0.25) is 0 Å². The molecular formula is C11H16N2O4S2. The summed E-state index contributed by atoms with van der Waals surface area (Å²) < 4.78 is 26.3. The van der Waals surface area contributed by atoms with Gasteiger partial charge in [-0.3, -0.25) is 4.79 Å². The van der Waals surface area contributed by atoms with Crippen molar-refractivity contribution in [3.63, 3.8) is 0 Å². The Bertz CT molecular complexity index is 559. The molecule has 0 bridgehead atoms. The normalized spacial score (nSPS) is 18.6. The van der Waals surface area contributed by atoms with Gasteiger partial charge in [0.25, 0.3) is 10.0 Å². The summed E-state index contributed by atoms with van der Waals surface area (Å²) in [5.41, 5.74) is 5.75. The van der Waals surface area contributed by atoms with Crippen molar-refractivity contribution in [1.29, 1.82) is 0 Å². The highest BCUT2D eigenvalue weighted by molar-refractivity contribution is 7.91. The van der Waals surface area contributed by atoms with Crippen LogP contribution >= 0.6 is 11.3 Å². The Hall–Kier alpha value is -0.960. The molecule has 0 unspecified atom stereocenters. The predicted molar refractivity (Wildman–Crippen MR) is 71.6 cm³/mol. The van der Waals surface area contributed by atoms with E-state index in [0.29, 0.717) is 30.8 Å². The maximum absolute atomic E-state index is 12.3. The van der Waals surface area contributed by atoms with Crippen LogP contribution in [-0.2, 0) is 21.2 Å². The van der Waals surface area contributed by atoms with Gasteiger partial charge in [-0.05, 0) is 25.0 Å². The zero-order valence-electron chi connectivity index (χ0n) is 10.3. The fourth-order valence-electron chi connectivity index (χ4n) is 1.98. The molecule has 106 valence electrons. The molecule has 19 heavy (non-hydrogen) atoms. The summed E-state index contributed by atoms with van der Waals surface area (Å²) in [7, 11) is -3.50. The van der Waals surface area contributed by atoms with Crippen LogP contribution in [0.3, 0.4) is 0 Å². The molecule has 1 aliphatic rings. The lowest BCUT2D eigenvalue weighted by molar-refractivity contribution is -0.136. The minimum Gasteiger partial charge on any atom is -0.481 e. The van der Waals surface area contributed by atoms with Gasteiger partial charge in [0.2, 0.25) is 0 Å². The standard InChI is InChI=1S/C11H16N2O4S2/c12-8-3-5-13(6-4-8)19(16,17)11-2-1-9(18-11)7-10(14)15/h1-2,8H,3-7,12H2,(H,14,15). The van der Waals surface area contributed by atoms with Crippen LogP contribution < -0.4 is 5.73 Å². The summed E-state index contributed by atoms with van der Waals surface area (Å²) in [6.45, 7) is 0.853. The first-order valence-corrected chi connectivity index (χ1v) is 8.21. The molecule has 1 aliphatic heterocycles. The average Bonchev–Trinajstić information content (AvgIpc) is 2.78. The van der Waals surface area contributed by atoms with Gasteiger partial charge in [0.1, 0.15) is 4.21 Å². The molecule has 1 aromatic heterocycles. The second-order valence-electron chi connectivity index (χ2n) is 4.53. The third-order valence-corrected chi connectivity index (χ3v) is 6.51. The average molecular weight is 304 g/mol. The fourth-order valence-corrected chi connectivity index (χ4v) is 4.96. The largest absolute Gasteiger partial charge is 0.481 e. The van der Waals surface area contributed by atoms with E-state index in [1.165, 1.54) is 10.4 Å². The minimum atomic E-state index is -3.50. The molecular weight excluding hydrogens is 288 g/mol. The molecule has 2 heterocycles. The molecule has 0 aliphatic carbocycles. The first-order valence-electron chi connectivity index (χ1n) is 5.96. The monoisotopic (exact) mass is 304 g/mol. The summed E-state index contributed by atoms with van der Waals surface area (Å²) >= 11 is 1.02. The molecule has 0 spiro atoms. The number of aliphatic carboxylic acids is 1. The van der Waals surface area contributed by atoms with E-state index >= 15 is 0 Å². The van der Waals surface area contributed by atoms with E-state index in [2.05, 4.69) is 0 Å². The number of piperidine rings is 1. The Morgan fingerprint density at radius 3 is 2.63 bits per heavy atom. The van der Waals surface area contributed by atoms with Crippen LogP contribution in [0.5, 0.6) is 0 Å². The lowest BCUT2D eigenvalue weighted by Gasteiger charge is -2.28. The first kappa shape index (κ1) is 14.4. The lowest BCUT2D eigenvalue weighted by atomic mass is 10.1. The maximum atomic E-state index is 12.3. The number of thiophene rings is 1. The lowest BCUT2D eigenvalue weighted by Crippen LogP contribution is -2.42. The Morgan fingerprint density at radius 1 is 1.42 bits per heavy atom. The molecule has 0 atom stereocenters. The van der Waals surface area contributed by atoms with Crippen molar-refractivity contribution in [1.82, 2.24) is 4.31 Å². The first-order chi connectivity index (χ1) is 8.89. The highest BCUT2D eigenvalue weighted by atomic mass is 32.2. The van der Waals surface area contributed by atoms with Crippen LogP contribution in [0.4, 0.5) is 0 Å². The molecule has 0 amide bonds. The Labute approximate surface area is 115 Å². The van der Waals surface area contributed by atoms with Gasteiger partial charge < -0.3 is 10.8 Å². The predicted octanol–water partition coefficient (Wildman–Crippen LogP) is 0.487. The molecule has 6 nitrogen and oxygen atoms in total. The van der Waals surface area contributed by atoms with Gasteiger partial charge in [-0.25, -0.2) is 8.42 Å². The molecule has 0 radical (unpaired) electrons. The van der Waals surface area contributed by atoms with Crippen molar-refractivity contribution in [3.05, 3.63) is 17.0 Å². The zero-order valence-corrected chi connectivity index (χ0v) is 11.9. The number of carbonyl (C=O) groups is 1. The van der Waals surface area contributed by atoms with Crippen molar-refractivity contribution < 1.29 is 18.3 Å². The molecule has 0 saturated carbocycles. The van der Waals surface area contributed by atoms with E-state index < -0.39 is 16.0 Å². The van der Waals surface area contributed by atoms with E-state index in [1.54, 1.807) is 6.07 Å². The van der Waals surface area contributed by atoms with E-state index in [4.69, 9.17) is 10.8 Å². The summed E-state index contributed by atoms with van der Waals surface area (Å²) in [5.74, 6) is -0.963. The third kappa shape index (κ3) is 3.33. The van der Waals surface area contributed by atoms with Gasteiger partial charge in [-0.1, -0.05) is 0 Å². The fraction of sp³-hybridized carbons (Fsp3) is 0.545. The van der Waals surface area contributed by atoms with Gasteiger partial charge in [0.15, 0.2) is 0 Å². The van der Waals surface area contributed by atoms with Crippen LogP contribution in [-0.4, -0.2) is 42.9 Å². The Morgan fingerprint density at radius 2 is 2.05 bits per heavy atom. The van der Waals surface area contributed by atoms with Crippen LogP contribution in [0.15, 0.2) is 16.3 Å². The number of sulfonamides is 1. The second-order valence-corrected chi connectivity index (χ2v) is 7.87. The molecule has 1 fully saturated rings. The second kappa shape index (κ2) is 5.58. The number of hydrogen-bond donors (Lipinski definition) is 2. The molecule has 1 saturated heterocycles. The topological polar surface area (TPSA) is 101 Å². The number of carboxylic acids is 1. The number of nitrogens with two attached hydrogens (primary N) is 1. The van der Waals surface area contributed by atoms with Crippen molar-refractivity contribution in [2.24, 2.45) is 5.73 Å². The number of hydrogen-bond acceptors (Lipinski definition) is 5. The van der Waals surface area contributed by atoms with Crippen LogP contribution in [0.25, 0.3) is 0 Å². The van der Waals surface area contributed by atoms with Gasteiger partial charge in [0.05, 0.1) is 6.42 Å². The molecule has 0 aromatic carbocycles. The number of nitrogens with zero attached hydrogens (tertiary/aromatic N) is 1. The molecule has 2 rings (SSSR count). The zero-order chi connectivity index (χ0) is 14.0. The maximum Gasteiger partial charge on any atom is 0.308 e. The van der Waals surface area contributed by atoms with Gasteiger partial charge >= 0.3 is 5.97 Å². The molecule has 1 aromatic rings. The van der Waals surface area contributed by atoms with E-state index in [1.807, 2.05) is 0 Å². The van der Waals surface area contributed by atoms with Crippen LogP contribution in [0.1, 0.15) is 17.7 Å². The summed E-state index contributed by atoms with van der Waals surface area (Å²) in [5, 5.41) is 8.69. The van der Waals surface area contributed by atoms with E-state index in [9.17, 15) is 13.2 Å². The smallest absolute Gasteiger partial charge is 0.308 e. The molecule has 8 heteroatoms. The molecule has 3 N–H and O–H groups in total. The van der Waals surface area contributed by atoms with E-state index in [-0.39, 0.29) is 16.7 Å².